The standard InChI is InChI=1S/C13H13N3O/c1-9(10(2)17)15-16-13-8-7-11-5-3-4-6-12(11)14-13/h3-8H,1-2H3,(H,14,16)/b15-9+. The van der Waals surface area contributed by atoms with Gasteiger partial charge >= 0.3 is 0 Å². The number of fused-ring (bicyclic) bond motifs is 1. The average molecular weight is 227 g/mol. The van der Waals surface area contributed by atoms with Crippen molar-refractivity contribution in [2.75, 3.05) is 5.43 Å². The molecule has 0 atom stereocenters. The van der Waals surface area contributed by atoms with Gasteiger partial charge in [0.1, 0.15) is 11.5 Å². The van der Waals surface area contributed by atoms with Gasteiger partial charge in [0.25, 0.3) is 0 Å². The molecule has 0 bridgehead atoms. The van der Waals surface area contributed by atoms with Crippen LogP contribution in [0.1, 0.15) is 13.8 Å². The summed E-state index contributed by atoms with van der Waals surface area (Å²) in [5.41, 5.74) is 4.10. The van der Waals surface area contributed by atoms with Gasteiger partial charge in [-0.25, -0.2) is 4.98 Å². The number of hydrazone groups is 1. The molecule has 0 aliphatic carbocycles. The number of anilines is 1. The maximum atomic E-state index is 11.0. The van der Waals surface area contributed by atoms with E-state index in [0.717, 1.165) is 10.9 Å². The number of hydrogen-bond donors (Lipinski definition) is 1. The number of benzene rings is 1. The Balaban J connectivity index is 2.25. The van der Waals surface area contributed by atoms with Crippen LogP contribution in [0.5, 0.6) is 0 Å². The van der Waals surface area contributed by atoms with Gasteiger partial charge in [0.05, 0.1) is 5.52 Å². The smallest absolute Gasteiger partial charge is 0.175 e. The number of carbonyl (C=O) groups excluding carboxylic acids is 1. The normalized spacial score (nSPS) is 11.5. The quantitative estimate of drug-likeness (QED) is 0.647. The Kier molecular flexibility index (Phi) is 3.14. The third kappa shape index (κ3) is 2.66. The lowest BCUT2D eigenvalue weighted by atomic mass is 10.2. The zero-order valence-corrected chi connectivity index (χ0v) is 9.77. The molecule has 17 heavy (non-hydrogen) atoms. The molecule has 0 saturated heterocycles. The number of rotatable bonds is 3. The Hall–Kier alpha value is -2.23. The molecule has 0 radical (unpaired) electrons. The van der Waals surface area contributed by atoms with Gasteiger partial charge in [-0.2, -0.15) is 5.10 Å². The van der Waals surface area contributed by atoms with Crippen molar-refractivity contribution in [2.24, 2.45) is 5.10 Å². The lowest BCUT2D eigenvalue weighted by Crippen LogP contribution is -2.07. The minimum atomic E-state index is -0.0571. The maximum Gasteiger partial charge on any atom is 0.175 e. The molecular weight excluding hydrogens is 214 g/mol. The number of pyridine rings is 1. The van der Waals surface area contributed by atoms with Gasteiger partial charge in [0.15, 0.2) is 5.78 Å². The SMILES string of the molecule is CC(=O)/C(C)=N/Nc1ccc2ccccc2n1. The zero-order chi connectivity index (χ0) is 12.3. The van der Waals surface area contributed by atoms with Gasteiger partial charge in [0, 0.05) is 12.3 Å². The summed E-state index contributed by atoms with van der Waals surface area (Å²) in [7, 11) is 0. The van der Waals surface area contributed by atoms with Crippen molar-refractivity contribution in [2.45, 2.75) is 13.8 Å². The van der Waals surface area contributed by atoms with Crippen molar-refractivity contribution >= 4 is 28.2 Å². The lowest BCUT2D eigenvalue weighted by molar-refractivity contribution is -0.111. The number of Topliss-reactive ketones (excluding diaryl/α,β-unsaturated/α-hetero) is 1. The minimum absolute atomic E-state index is 0.0571. The molecule has 1 heterocycles. The molecule has 1 aromatic carbocycles. The summed E-state index contributed by atoms with van der Waals surface area (Å²) in [6.45, 7) is 3.14. The first-order valence-corrected chi connectivity index (χ1v) is 5.34. The minimum Gasteiger partial charge on any atom is -0.293 e. The highest BCUT2D eigenvalue weighted by molar-refractivity contribution is 6.38. The van der Waals surface area contributed by atoms with E-state index < -0.39 is 0 Å². The highest BCUT2D eigenvalue weighted by Gasteiger charge is 1.99. The van der Waals surface area contributed by atoms with Crippen LogP contribution in [0.15, 0.2) is 41.5 Å². The van der Waals surface area contributed by atoms with E-state index in [2.05, 4.69) is 15.5 Å². The molecule has 1 aromatic heterocycles. The molecule has 0 saturated carbocycles. The van der Waals surface area contributed by atoms with Crippen molar-refractivity contribution in [3.8, 4) is 0 Å². The summed E-state index contributed by atoms with van der Waals surface area (Å²) in [5, 5.41) is 5.03. The van der Waals surface area contributed by atoms with Crippen molar-refractivity contribution < 1.29 is 4.79 Å². The predicted molar refractivity (Wildman–Crippen MR) is 69.2 cm³/mol. The molecule has 0 fully saturated rings. The molecule has 4 heteroatoms. The Morgan fingerprint density at radius 2 is 1.94 bits per heavy atom. The van der Waals surface area contributed by atoms with E-state index in [4.69, 9.17) is 0 Å². The summed E-state index contributed by atoms with van der Waals surface area (Å²) in [6, 6.07) is 11.6. The third-order valence-electron chi connectivity index (χ3n) is 2.45. The first-order valence-electron chi connectivity index (χ1n) is 5.34. The number of carbonyl (C=O) groups is 1. The molecule has 0 amide bonds. The van der Waals surface area contributed by atoms with Gasteiger partial charge in [-0.1, -0.05) is 18.2 Å². The Labute approximate surface area is 99.4 Å². The second-order valence-corrected chi connectivity index (χ2v) is 3.75. The maximum absolute atomic E-state index is 11.0. The molecular formula is C13H13N3O. The molecule has 2 aromatic rings. The Bertz CT molecular complexity index is 590. The van der Waals surface area contributed by atoms with Gasteiger partial charge in [0.2, 0.25) is 0 Å². The summed E-state index contributed by atoms with van der Waals surface area (Å²) in [4.78, 5) is 15.4. The van der Waals surface area contributed by atoms with Crippen LogP contribution in [-0.4, -0.2) is 16.5 Å². The fourth-order valence-corrected chi connectivity index (χ4v) is 1.35. The van der Waals surface area contributed by atoms with Crippen LogP contribution in [0, 0.1) is 0 Å². The van der Waals surface area contributed by atoms with Crippen molar-refractivity contribution in [1.29, 1.82) is 0 Å². The summed E-state index contributed by atoms with van der Waals surface area (Å²) in [6.07, 6.45) is 0. The number of hydrogen-bond acceptors (Lipinski definition) is 4. The average Bonchev–Trinajstić information content (AvgIpc) is 2.35. The van der Waals surface area contributed by atoms with Gasteiger partial charge < -0.3 is 0 Å². The van der Waals surface area contributed by atoms with Crippen LogP contribution >= 0.6 is 0 Å². The topological polar surface area (TPSA) is 54.4 Å². The largest absolute Gasteiger partial charge is 0.293 e. The summed E-state index contributed by atoms with van der Waals surface area (Å²) < 4.78 is 0. The van der Waals surface area contributed by atoms with E-state index in [1.807, 2.05) is 36.4 Å². The van der Waals surface area contributed by atoms with E-state index in [1.54, 1.807) is 6.92 Å². The number of nitrogens with one attached hydrogen (secondary N) is 1. The van der Waals surface area contributed by atoms with Gasteiger partial charge in [-0.15, -0.1) is 0 Å². The monoisotopic (exact) mass is 227 g/mol. The van der Waals surface area contributed by atoms with Gasteiger partial charge in [-0.05, 0) is 25.1 Å². The van der Waals surface area contributed by atoms with Crippen LogP contribution in [0.4, 0.5) is 5.82 Å². The number of para-hydroxylation sites is 1. The number of nitrogens with zero attached hydrogens (tertiary/aromatic N) is 2. The highest BCUT2D eigenvalue weighted by Crippen LogP contribution is 2.14. The fourth-order valence-electron chi connectivity index (χ4n) is 1.35. The van der Waals surface area contributed by atoms with E-state index in [-0.39, 0.29) is 5.78 Å². The number of ketones is 1. The van der Waals surface area contributed by atoms with E-state index in [1.165, 1.54) is 6.92 Å². The van der Waals surface area contributed by atoms with Crippen molar-refractivity contribution in [3.05, 3.63) is 36.4 Å². The zero-order valence-electron chi connectivity index (χ0n) is 9.77. The second kappa shape index (κ2) is 4.74. The predicted octanol–water partition coefficient (Wildman–Crippen LogP) is 2.61. The Morgan fingerprint density at radius 3 is 2.71 bits per heavy atom. The molecule has 1 N–H and O–H groups in total. The highest BCUT2D eigenvalue weighted by atomic mass is 16.1. The summed E-state index contributed by atoms with van der Waals surface area (Å²) in [5.74, 6) is 0.572. The van der Waals surface area contributed by atoms with Crippen LogP contribution in [0.25, 0.3) is 10.9 Å². The fraction of sp³-hybridized carbons (Fsp3) is 0.154. The van der Waals surface area contributed by atoms with Crippen LogP contribution < -0.4 is 5.43 Å². The van der Waals surface area contributed by atoms with Gasteiger partial charge in [-0.3, -0.25) is 10.2 Å². The molecule has 0 aliphatic heterocycles. The first kappa shape index (κ1) is 11.3. The molecule has 4 nitrogen and oxygen atoms in total. The Morgan fingerprint density at radius 1 is 1.18 bits per heavy atom. The molecule has 2 rings (SSSR count). The first-order chi connectivity index (χ1) is 8.16. The molecule has 0 aliphatic rings. The number of aromatic nitrogens is 1. The third-order valence-corrected chi connectivity index (χ3v) is 2.45. The summed E-state index contributed by atoms with van der Waals surface area (Å²) >= 11 is 0. The second-order valence-electron chi connectivity index (χ2n) is 3.75. The molecule has 86 valence electrons. The molecule has 0 spiro atoms. The van der Waals surface area contributed by atoms with E-state index in [0.29, 0.717) is 11.5 Å². The van der Waals surface area contributed by atoms with Crippen LogP contribution in [0.2, 0.25) is 0 Å². The van der Waals surface area contributed by atoms with E-state index >= 15 is 0 Å². The van der Waals surface area contributed by atoms with Crippen molar-refractivity contribution in [1.82, 2.24) is 4.98 Å². The lowest BCUT2D eigenvalue weighted by Gasteiger charge is -2.02. The van der Waals surface area contributed by atoms with Crippen LogP contribution in [0.3, 0.4) is 0 Å². The van der Waals surface area contributed by atoms with Crippen LogP contribution in [-0.2, 0) is 4.79 Å². The van der Waals surface area contributed by atoms with Crippen molar-refractivity contribution in [3.63, 3.8) is 0 Å². The van der Waals surface area contributed by atoms with E-state index in [9.17, 15) is 4.79 Å². The molecule has 0 unspecified atom stereocenters.